The lowest BCUT2D eigenvalue weighted by atomic mass is 9.80. The van der Waals surface area contributed by atoms with Gasteiger partial charge in [0.15, 0.2) is 5.96 Å². The number of alkyl halides is 3. The highest BCUT2D eigenvalue weighted by atomic mass is 32.2. The second kappa shape index (κ2) is 9.89. The van der Waals surface area contributed by atoms with Gasteiger partial charge < -0.3 is 10.6 Å². The van der Waals surface area contributed by atoms with Crippen molar-refractivity contribution in [1.82, 2.24) is 20.4 Å². The van der Waals surface area contributed by atoms with Crippen molar-refractivity contribution in [2.45, 2.75) is 56.3 Å². The molecule has 0 aromatic carbocycles. The van der Waals surface area contributed by atoms with E-state index in [9.17, 15) is 13.2 Å². The Morgan fingerprint density at radius 1 is 1.14 bits per heavy atom. The molecule has 0 bridgehead atoms. The van der Waals surface area contributed by atoms with Crippen LogP contribution in [0, 0.1) is 0 Å². The minimum Gasteiger partial charge on any atom is -0.355 e. The average Bonchev–Trinajstić information content (AvgIpc) is 3.11. The van der Waals surface area contributed by atoms with Crippen LogP contribution in [-0.4, -0.2) is 91.3 Å². The van der Waals surface area contributed by atoms with Crippen LogP contribution in [0.15, 0.2) is 4.99 Å². The van der Waals surface area contributed by atoms with Crippen molar-refractivity contribution in [2.75, 3.05) is 57.8 Å². The van der Waals surface area contributed by atoms with E-state index in [1.807, 2.05) is 11.8 Å². The average molecular weight is 422 g/mol. The Morgan fingerprint density at radius 3 is 2.50 bits per heavy atom. The second-order valence-electron chi connectivity index (χ2n) is 8.29. The Labute approximate surface area is 170 Å². The standard InChI is InChI=1S/C19H34F3N5S/c1-23-17(25-16-5-8-26(13-16)15-19(20,21)22)24-14-18(6-3-2-4-7-18)27-9-11-28-12-10-27/h16H,2-15H2,1H3,(H2,23,24,25). The van der Waals surface area contributed by atoms with Crippen LogP contribution in [-0.2, 0) is 0 Å². The third-order valence-corrected chi connectivity index (χ3v) is 7.23. The Bertz CT molecular complexity index is 516. The number of nitrogens with zero attached hydrogens (tertiary/aromatic N) is 3. The number of aliphatic imine (C=N–C) groups is 1. The minimum atomic E-state index is -4.13. The van der Waals surface area contributed by atoms with E-state index in [0.29, 0.717) is 19.5 Å². The molecule has 9 heteroatoms. The lowest BCUT2D eigenvalue weighted by molar-refractivity contribution is -0.143. The summed E-state index contributed by atoms with van der Waals surface area (Å²) >= 11 is 2.03. The Kier molecular flexibility index (Phi) is 7.78. The number of hydrogen-bond acceptors (Lipinski definition) is 4. The fourth-order valence-electron chi connectivity index (χ4n) is 4.84. The zero-order valence-electron chi connectivity index (χ0n) is 16.9. The summed E-state index contributed by atoms with van der Waals surface area (Å²) < 4.78 is 37.8. The second-order valence-corrected chi connectivity index (χ2v) is 9.52. The summed E-state index contributed by atoms with van der Waals surface area (Å²) in [4.78, 5) is 8.48. The fourth-order valence-corrected chi connectivity index (χ4v) is 5.74. The van der Waals surface area contributed by atoms with Crippen LogP contribution in [0.4, 0.5) is 13.2 Å². The molecule has 0 aromatic heterocycles. The van der Waals surface area contributed by atoms with Gasteiger partial charge in [-0.1, -0.05) is 19.3 Å². The highest BCUT2D eigenvalue weighted by Crippen LogP contribution is 2.34. The molecule has 2 heterocycles. The topological polar surface area (TPSA) is 42.9 Å². The number of hydrogen-bond donors (Lipinski definition) is 2. The van der Waals surface area contributed by atoms with E-state index in [1.165, 1.54) is 48.5 Å². The maximum Gasteiger partial charge on any atom is 0.401 e. The van der Waals surface area contributed by atoms with Gasteiger partial charge in [-0.05, 0) is 19.3 Å². The molecule has 0 radical (unpaired) electrons. The van der Waals surface area contributed by atoms with E-state index in [4.69, 9.17) is 0 Å². The van der Waals surface area contributed by atoms with Crippen molar-refractivity contribution in [3.05, 3.63) is 0 Å². The Morgan fingerprint density at radius 2 is 1.86 bits per heavy atom. The lowest BCUT2D eigenvalue weighted by Crippen LogP contribution is -2.60. The van der Waals surface area contributed by atoms with Gasteiger partial charge >= 0.3 is 6.18 Å². The summed E-state index contributed by atoms with van der Waals surface area (Å²) in [5, 5.41) is 6.87. The molecule has 2 N–H and O–H groups in total. The normalized spacial score (nSPS) is 27.7. The summed E-state index contributed by atoms with van der Waals surface area (Å²) in [5.41, 5.74) is 0.189. The van der Waals surface area contributed by atoms with Crippen LogP contribution in [0.2, 0.25) is 0 Å². The van der Waals surface area contributed by atoms with Crippen molar-refractivity contribution >= 4 is 17.7 Å². The molecule has 1 unspecified atom stereocenters. The minimum absolute atomic E-state index is 0.0160. The molecule has 2 saturated heterocycles. The molecule has 5 nitrogen and oxygen atoms in total. The molecular formula is C19H34F3N5S. The van der Waals surface area contributed by atoms with E-state index < -0.39 is 12.7 Å². The van der Waals surface area contributed by atoms with Crippen molar-refractivity contribution < 1.29 is 13.2 Å². The van der Waals surface area contributed by atoms with Gasteiger partial charge in [0.2, 0.25) is 0 Å². The van der Waals surface area contributed by atoms with E-state index in [0.717, 1.165) is 25.6 Å². The van der Waals surface area contributed by atoms with Crippen molar-refractivity contribution in [1.29, 1.82) is 0 Å². The molecule has 1 atom stereocenters. The maximum atomic E-state index is 12.6. The van der Waals surface area contributed by atoms with Gasteiger partial charge in [-0.15, -0.1) is 0 Å². The SMILES string of the molecule is CN=C(NCC1(N2CCSCC2)CCCCC1)NC1CCN(CC(F)(F)F)C1. The number of halogens is 3. The molecule has 0 amide bonds. The van der Waals surface area contributed by atoms with Crippen LogP contribution in [0.1, 0.15) is 38.5 Å². The molecule has 1 saturated carbocycles. The van der Waals surface area contributed by atoms with E-state index in [2.05, 4.69) is 20.5 Å². The van der Waals surface area contributed by atoms with Gasteiger partial charge in [0, 0.05) is 62.9 Å². The monoisotopic (exact) mass is 421 g/mol. The predicted molar refractivity (Wildman–Crippen MR) is 110 cm³/mol. The van der Waals surface area contributed by atoms with Crippen LogP contribution < -0.4 is 10.6 Å². The van der Waals surface area contributed by atoms with Gasteiger partial charge in [0.05, 0.1) is 6.54 Å². The lowest BCUT2D eigenvalue weighted by Gasteiger charge is -2.48. The first kappa shape index (κ1) is 22.0. The number of rotatable bonds is 5. The molecule has 0 spiro atoms. The largest absolute Gasteiger partial charge is 0.401 e. The van der Waals surface area contributed by atoms with Crippen molar-refractivity contribution in [3.8, 4) is 0 Å². The van der Waals surface area contributed by atoms with Gasteiger partial charge in [-0.3, -0.25) is 14.8 Å². The number of thioether (sulfide) groups is 1. The molecule has 0 aromatic rings. The zero-order chi connectivity index (χ0) is 20.0. The first-order valence-corrected chi connectivity index (χ1v) is 11.6. The van der Waals surface area contributed by atoms with Gasteiger partial charge in [0.25, 0.3) is 0 Å². The summed E-state index contributed by atoms with van der Waals surface area (Å²) in [6, 6.07) is 0.0160. The molecule has 3 rings (SSSR count). The van der Waals surface area contributed by atoms with Crippen LogP contribution >= 0.6 is 11.8 Å². The Balaban J connectivity index is 1.52. The molecular weight excluding hydrogens is 387 g/mol. The first-order valence-electron chi connectivity index (χ1n) is 10.5. The quantitative estimate of drug-likeness (QED) is 0.528. The van der Waals surface area contributed by atoms with Crippen LogP contribution in [0.3, 0.4) is 0 Å². The van der Waals surface area contributed by atoms with Crippen LogP contribution in [0.25, 0.3) is 0 Å². The molecule has 2 aliphatic heterocycles. The number of nitrogens with one attached hydrogen (secondary N) is 2. The van der Waals surface area contributed by atoms with Crippen LogP contribution in [0.5, 0.6) is 0 Å². The third kappa shape index (κ3) is 6.16. The first-order chi connectivity index (χ1) is 13.4. The predicted octanol–water partition coefficient (Wildman–Crippen LogP) is 2.54. The summed E-state index contributed by atoms with van der Waals surface area (Å²) in [7, 11) is 1.74. The summed E-state index contributed by atoms with van der Waals surface area (Å²) in [6.45, 7) is 3.21. The number of likely N-dealkylation sites (tertiary alicyclic amines) is 1. The molecule has 3 fully saturated rings. The smallest absolute Gasteiger partial charge is 0.355 e. The zero-order valence-corrected chi connectivity index (χ0v) is 17.7. The van der Waals surface area contributed by atoms with Gasteiger partial charge in [-0.25, -0.2) is 0 Å². The van der Waals surface area contributed by atoms with E-state index in [1.54, 1.807) is 7.05 Å². The third-order valence-electron chi connectivity index (χ3n) is 6.29. The van der Waals surface area contributed by atoms with Crippen molar-refractivity contribution in [2.24, 2.45) is 4.99 Å². The van der Waals surface area contributed by atoms with Crippen molar-refractivity contribution in [3.63, 3.8) is 0 Å². The molecule has 162 valence electrons. The summed E-state index contributed by atoms with van der Waals surface area (Å²) in [5.74, 6) is 3.12. The summed E-state index contributed by atoms with van der Waals surface area (Å²) in [6.07, 6.45) is 2.86. The molecule has 28 heavy (non-hydrogen) atoms. The molecule has 3 aliphatic rings. The number of guanidine groups is 1. The van der Waals surface area contributed by atoms with E-state index in [-0.39, 0.29) is 11.6 Å². The van der Waals surface area contributed by atoms with Gasteiger partial charge in [0.1, 0.15) is 0 Å². The highest BCUT2D eigenvalue weighted by molar-refractivity contribution is 7.99. The Hall–Kier alpha value is -0.670. The van der Waals surface area contributed by atoms with E-state index >= 15 is 0 Å². The fraction of sp³-hybridized carbons (Fsp3) is 0.947. The highest BCUT2D eigenvalue weighted by Gasteiger charge is 2.39. The van der Waals surface area contributed by atoms with Gasteiger partial charge in [-0.2, -0.15) is 24.9 Å². The molecule has 1 aliphatic carbocycles. The maximum absolute atomic E-state index is 12.6.